The largest absolute Gasteiger partial charge is 0.372 e. The van der Waals surface area contributed by atoms with E-state index in [1.54, 1.807) is 0 Å². The van der Waals surface area contributed by atoms with Gasteiger partial charge in [0.2, 0.25) is 0 Å². The van der Waals surface area contributed by atoms with Crippen molar-refractivity contribution >= 4 is 0 Å². The number of fused-ring (bicyclic) bond motifs is 1. The number of ether oxygens (including phenoxy) is 1. The second-order valence-electron chi connectivity index (χ2n) is 5.63. The molecule has 2 heterocycles. The molecule has 0 radical (unpaired) electrons. The van der Waals surface area contributed by atoms with E-state index in [2.05, 4.69) is 39.1 Å². The lowest BCUT2D eigenvalue weighted by Crippen LogP contribution is -2.36. The lowest BCUT2D eigenvalue weighted by Gasteiger charge is -2.32. The number of benzene rings is 1. The minimum Gasteiger partial charge on any atom is -0.372 e. The summed E-state index contributed by atoms with van der Waals surface area (Å²) in [5.41, 5.74) is 2.76. The molecule has 0 fully saturated rings. The van der Waals surface area contributed by atoms with Crippen LogP contribution in [-0.2, 0) is 24.6 Å². The topological polar surface area (TPSA) is 39.1 Å². The summed E-state index contributed by atoms with van der Waals surface area (Å²) < 4.78 is 8.15. The Morgan fingerprint density at radius 2 is 2.29 bits per heavy atom. The average Bonchev–Trinajstić information content (AvgIpc) is 2.93. The lowest BCUT2D eigenvalue weighted by atomic mass is 9.91. The van der Waals surface area contributed by atoms with Crippen LogP contribution in [0.25, 0.3) is 0 Å². The number of hydrogen-bond acceptors (Lipinski definition) is 3. The Hall–Kier alpha value is -1.65. The first-order valence-corrected chi connectivity index (χ1v) is 7.62. The maximum atomic E-state index is 6.07. The second-order valence-corrected chi connectivity index (χ2v) is 5.63. The van der Waals surface area contributed by atoms with E-state index in [4.69, 9.17) is 4.74 Å². The van der Waals surface area contributed by atoms with Crippen LogP contribution in [0.4, 0.5) is 0 Å². The first kappa shape index (κ1) is 14.3. The molecule has 2 aromatic rings. The number of hydrogen-bond donors (Lipinski definition) is 1. The highest BCUT2D eigenvalue weighted by atomic mass is 16.5. The standard InChI is InChI=1S/C17H23N3O/c1-18-15(7-8-16-19-10-11-20(16)2)17-14-6-4-3-5-13(14)9-12-21-17/h3-6,10-11,15,17-18H,7-9,12H2,1-2H3. The Morgan fingerprint density at radius 1 is 1.43 bits per heavy atom. The van der Waals surface area contributed by atoms with E-state index in [1.807, 2.05) is 26.5 Å². The van der Waals surface area contributed by atoms with Crippen molar-refractivity contribution in [2.75, 3.05) is 13.7 Å². The molecular formula is C17H23N3O. The van der Waals surface area contributed by atoms with Gasteiger partial charge in [0.1, 0.15) is 5.82 Å². The Kier molecular flexibility index (Phi) is 4.36. The van der Waals surface area contributed by atoms with E-state index in [-0.39, 0.29) is 6.10 Å². The summed E-state index contributed by atoms with van der Waals surface area (Å²) in [7, 11) is 4.06. The molecule has 3 rings (SSSR count). The third-order valence-electron chi connectivity index (χ3n) is 4.37. The van der Waals surface area contributed by atoms with E-state index in [0.717, 1.165) is 31.7 Å². The zero-order valence-electron chi connectivity index (χ0n) is 12.7. The summed E-state index contributed by atoms with van der Waals surface area (Å²) in [5, 5.41) is 3.43. The Labute approximate surface area is 126 Å². The number of aromatic nitrogens is 2. The van der Waals surface area contributed by atoms with Gasteiger partial charge in [-0.3, -0.25) is 0 Å². The van der Waals surface area contributed by atoms with Gasteiger partial charge < -0.3 is 14.6 Å². The monoisotopic (exact) mass is 285 g/mol. The van der Waals surface area contributed by atoms with E-state index in [0.29, 0.717) is 6.04 Å². The molecule has 1 aliphatic heterocycles. The maximum absolute atomic E-state index is 6.07. The van der Waals surface area contributed by atoms with Crippen molar-refractivity contribution in [2.45, 2.75) is 31.4 Å². The Balaban J connectivity index is 1.73. The zero-order chi connectivity index (χ0) is 14.7. The minimum absolute atomic E-state index is 0.139. The number of aryl methyl sites for hydroxylation is 2. The van der Waals surface area contributed by atoms with Crippen molar-refractivity contribution in [2.24, 2.45) is 7.05 Å². The molecule has 0 aliphatic carbocycles. The fraction of sp³-hybridized carbons (Fsp3) is 0.471. The predicted molar refractivity (Wildman–Crippen MR) is 83.2 cm³/mol. The van der Waals surface area contributed by atoms with Crippen LogP contribution >= 0.6 is 0 Å². The van der Waals surface area contributed by atoms with E-state index >= 15 is 0 Å². The molecule has 1 aromatic heterocycles. The molecule has 21 heavy (non-hydrogen) atoms. The van der Waals surface area contributed by atoms with Crippen molar-refractivity contribution in [3.63, 3.8) is 0 Å². The number of nitrogens with zero attached hydrogens (tertiary/aromatic N) is 2. The molecule has 1 N–H and O–H groups in total. The number of likely N-dealkylation sites (N-methyl/N-ethyl adjacent to an activating group) is 1. The second kappa shape index (κ2) is 6.41. The molecule has 4 nitrogen and oxygen atoms in total. The molecule has 112 valence electrons. The van der Waals surface area contributed by atoms with Crippen LogP contribution < -0.4 is 5.32 Å². The van der Waals surface area contributed by atoms with E-state index < -0.39 is 0 Å². The van der Waals surface area contributed by atoms with E-state index in [1.165, 1.54) is 11.1 Å². The summed E-state index contributed by atoms with van der Waals surface area (Å²) in [6.45, 7) is 0.808. The number of imidazole rings is 1. The fourth-order valence-electron chi connectivity index (χ4n) is 3.13. The highest BCUT2D eigenvalue weighted by Crippen LogP contribution is 2.31. The minimum atomic E-state index is 0.139. The Morgan fingerprint density at radius 3 is 3.05 bits per heavy atom. The fourth-order valence-corrected chi connectivity index (χ4v) is 3.13. The van der Waals surface area contributed by atoms with Crippen LogP contribution in [0.5, 0.6) is 0 Å². The maximum Gasteiger partial charge on any atom is 0.108 e. The van der Waals surface area contributed by atoms with Gasteiger partial charge in [-0.15, -0.1) is 0 Å². The van der Waals surface area contributed by atoms with Gasteiger partial charge in [0.25, 0.3) is 0 Å². The SMILES string of the molecule is CNC(CCc1nccn1C)C1OCCc2ccccc21. The van der Waals surface area contributed by atoms with E-state index in [9.17, 15) is 0 Å². The summed E-state index contributed by atoms with van der Waals surface area (Å²) >= 11 is 0. The molecule has 2 unspecified atom stereocenters. The third kappa shape index (κ3) is 3.01. The first-order valence-electron chi connectivity index (χ1n) is 7.62. The molecule has 0 saturated heterocycles. The molecule has 1 aromatic carbocycles. The normalized spacial score (nSPS) is 19.2. The molecule has 0 bridgehead atoms. The average molecular weight is 285 g/mol. The van der Waals surface area contributed by atoms with Crippen LogP contribution in [0, 0.1) is 0 Å². The highest BCUT2D eigenvalue weighted by Gasteiger charge is 2.27. The summed E-state index contributed by atoms with van der Waals surface area (Å²) in [6.07, 6.45) is 6.98. The van der Waals surface area contributed by atoms with Gasteiger partial charge in [0.05, 0.1) is 12.7 Å². The number of nitrogens with one attached hydrogen (secondary N) is 1. The van der Waals surface area contributed by atoms with Gasteiger partial charge in [-0.05, 0) is 31.0 Å². The van der Waals surface area contributed by atoms with Gasteiger partial charge in [-0.25, -0.2) is 4.98 Å². The lowest BCUT2D eigenvalue weighted by molar-refractivity contribution is 0.0150. The third-order valence-corrected chi connectivity index (χ3v) is 4.37. The first-order chi connectivity index (χ1) is 10.3. The van der Waals surface area contributed by atoms with Crippen LogP contribution in [0.1, 0.15) is 29.5 Å². The smallest absolute Gasteiger partial charge is 0.108 e. The predicted octanol–water partition coefficient (Wildman–Crippen LogP) is 2.25. The van der Waals surface area contributed by atoms with Crippen LogP contribution in [0.2, 0.25) is 0 Å². The van der Waals surface area contributed by atoms with Gasteiger partial charge in [0, 0.05) is 31.9 Å². The van der Waals surface area contributed by atoms with Gasteiger partial charge in [-0.2, -0.15) is 0 Å². The molecule has 0 saturated carbocycles. The van der Waals surface area contributed by atoms with Crippen LogP contribution in [-0.4, -0.2) is 29.2 Å². The van der Waals surface area contributed by atoms with Crippen LogP contribution in [0.3, 0.4) is 0 Å². The van der Waals surface area contributed by atoms with Crippen molar-refractivity contribution < 1.29 is 4.74 Å². The van der Waals surface area contributed by atoms with Crippen molar-refractivity contribution in [3.8, 4) is 0 Å². The highest BCUT2D eigenvalue weighted by molar-refractivity contribution is 5.32. The zero-order valence-corrected chi connectivity index (χ0v) is 12.7. The molecule has 0 spiro atoms. The molecule has 4 heteroatoms. The summed E-state index contributed by atoms with van der Waals surface area (Å²) in [6, 6.07) is 8.94. The van der Waals surface area contributed by atoms with Crippen molar-refractivity contribution in [1.82, 2.24) is 14.9 Å². The van der Waals surface area contributed by atoms with Crippen LogP contribution in [0.15, 0.2) is 36.7 Å². The molecule has 1 aliphatic rings. The summed E-state index contributed by atoms with van der Waals surface area (Å²) in [5.74, 6) is 1.12. The van der Waals surface area contributed by atoms with Gasteiger partial charge >= 0.3 is 0 Å². The quantitative estimate of drug-likeness (QED) is 0.916. The molecular weight excluding hydrogens is 262 g/mol. The van der Waals surface area contributed by atoms with Crippen molar-refractivity contribution in [1.29, 1.82) is 0 Å². The van der Waals surface area contributed by atoms with Crippen molar-refractivity contribution in [3.05, 3.63) is 53.6 Å². The van der Waals surface area contributed by atoms with Gasteiger partial charge in [0.15, 0.2) is 0 Å². The van der Waals surface area contributed by atoms with Gasteiger partial charge in [-0.1, -0.05) is 24.3 Å². The number of rotatable bonds is 5. The Bertz CT molecular complexity index is 593. The molecule has 2 atom stereocenters. The molecule has 0 amide bonds. The summed E-state index contributed by atoms with van der Waals surface area (Å²) in [4.78, 5) is 4.41.